The third kappa shape index (κ3) is 3.70. The molecule has 1 amide bonds. The fraction of sp³-hybridized carbons (Fsp3) is 0.533. The van der Waals surface area contributed by atoms with Gasteiger partial charge in [0, 0.05) is 31.6 Å². The van der Waals surface area contributed by atoms with Crippen LogP contribution in [0.5, 0.6) is 5.75 Å². The normalized spacial score (nSPS) is 12.1. The highest BCUT2D eigenvalue weighted by atomic mass is 16.5. The Hall–Kier alpha value is -1.55. The molecule has 1 aromatic rings. The predicted octanol–water partition coefficient (Wildman–Crippen LogP) is 1.87. The van der Waals surface area contributed by atoms with E-state index in [-0.39, 0.29) is 11.8 Å². The van der Waals surface area contributed by atoms with E-state index in [4.69, 9.17) is 10.5 Å². The van der Waals surface area contributed by atoms with Gasteiger partial charge < -0.3 is 15.4 Å². The van der Waals surface area contributed by atoms with Crippen molar-refractivity contribution in [3.8, 4) is 5.75 Å². The Balaban J connectivity index is 2.96. The predicted molar refractivity (Wildman–Crippen MR) is 77.2 cm³/mol. The van der Waals surface area contributed by atoms with E-state index in [2.05, 4.69) is 12.1 Å². The first kappa shape index (κ1) is 15.5. The zero-order valence-electron chi connectivity index (χ0n) is 12.5. The molecule has 0 aliphatic carbocycles. The van der Waals surface area contributed by atoms with Crippen molar-refractivity contribution in [2.45, 2.75) is 27.3 Å². The Kier molecular flexibility index (Phi) is 5.36. The molecule has 1 unspecified atom stereocenters. The highest BCUT2D eigenvalue weighted by Crippen LogP contribution is 2.26. The topological polar surface area (TPSA) is 55.6 Å². The van der Waals surface area contributed by atoms with Gasteiger partial charge in [-0.3, -0.25) is 4.79 Å². The molecule has 1 atom stereocenters. The maximum atomic E-state index is 12.1. The molecule has 1 rings (SSSR count). The van der Waals surface area contributed by atoms with Gasteiger partial charge in [0.05, 0.1) is 7.11 Å². The van der Waals surface area contributed by atoms with Gasteiger partial charge in [0.25, 0.3) is 0 Å². The minimum Gasteiger partial charge on any atom is -0.496 e. The third-order valence-electron chi connectivity index (χ3n) is 3.26. The number of carbonyl (C=O) groups excluding carboxylic acids is 1. The van der Waals surface area contributed by atoms with E-state index in [1.807, 2.05) is 20.8 Å². The standard InChI is InChI=1S/C15H24N2O2/c1-10-6-11(2)14(19-5)13(7-10)9-17(4)15(18)12(3)8-16/h6-7,12H,8-9,16H2,1-5H3. The largest absolute Gasteiger partial charge is 0.496 e. The fourth-order valence-corrected chi connectivity index (χ4v) is 2.26. The van der Waals surface area contributed by atoms with Crippen molar-refractivity contribution in [1.29, 1.82) is 0 Å². The molecule has 0 aliphatic rings. The molecule has 0 radical (unpaired) electrons. The molecule has 0 spiro atoms. The first-order chi connectivity index (χ1) is 8.90. The number of methoxy groups -OCH3 is 1. The second-order valence-electron chi connectivity index (χ2n) is 5.11. The van der Waals surface area contributed by atoms with Crippen LogP contribution in [-0.4, -0.2) is 31.5 Å². The van der Waals surface area contributed by atoms with E-state index in [1.54, 1.807) is 19.1 Å². The molecule has 0 aliphatic heterocycles. The van der Waals surface area contributed by atoms with E-state index in [9.17, 15) is 4.79 Å². The first-order valence-electron chi connectivity index (χ1n) is 6.49. The molecule has 0 heterocycles. The maximum Gasteiger partial charge on any atom is 0.226 e. The first-order valence-corrected chi connectivity index (χ1v) is 6.49. The van der Waals surface area contributed by atoms with Crippen LogP contribution in [0.15, 0.2) is 12.1 Å². The summed E-state index contributed by atoms with van der Waals surface area (Å²) < 4.78 is 5.44. The molecule has 1 aromatic carbocycles. The molecule has 19 heavy (non-hydrogen) atoms. The Labute approximate surface area is 115 Å². The van der Waals surface area contributed by atoms with Crippen molar-refractivity contribution >= 4 is 5.91 Å². The van der Waals surface area contributed by atoms with Crippen LogP contribution in [0, 0.1) is 19.8 Å². The average Bonchev–Trinajstić information content (AvgIpc) is 2.36. The SMILES string of the molecule is COc1c(C)cc(C)cc1CN(C)C(=O)C(C)CN. The van der Waals surface area contributed by atoms with Crippen LogP contribution in [-0.2, 0) is 11.3 Å². The summed E-state index contributed by atoms with van der Waals surface area (Å²) in [6, 6.07) is 4.13. The molecule has 0 bridgehead atoms. The van der Waals surface area contributed by atoms with Crippen LogP contribution in [0.4, 0.5) is 0 Å². The number of benzene rings is 1. The zero-order valence-corrected chi connectivity index (χ0v) is 12.5. The van der Waals surface area contributed by atoms with Gasteiger partial charge in [0.2, 0.25) is 5.91 Å². The van der Waals surface area contributed by atoms with Gasteiger partial charge in [-0.05, 0) is 19.4 Å². The number of hydrogen-bond acceptors (Lipinski definition) is 3. The molecule has 0 saturated heterocycles. The summed E-state index contributed by atoms with van der Waals surface area (Å²) in [7, 11) is 3.46. The van der Waals surface area contributed by atoms with Gasteiger partial charge in [-0.1, -0.05) is 24.6 Å². The lowest BCUT2D eigenvalue weighted by Gasteiger charge is -2.22. The summed E-state index contributed by atoms with van der Waals surface area (Å²) in [5, 5.41) is 0. The molecule has 4 heteroatoms. The van der Waals surface area contributed by atoms with Crippen LogP contribution in [0.3, 0.4) is 0 Å². The van der Waals surface area contributed by atoms with Gasteiger partial charge in [0.1, 0.15) is 5.75 Å². The average molecular weight is 264 g/mol. The van der Waals surface area contributed by atoms with E-state index in [0.29, 0.717) is 13.1 Å². The van der Waals surface area contributed by atoms with Crippen molar-refractivity contribution in [1.82, 2.24) is 4.90 Å². The maximum absolute atomic E-state index is 12.1. The number of hydrogen-bond donors (Lipinski definition) is 1. The van der Waals surface area contributed by atoms with Crippen LogP contribution in [0.1, 0.15) is 23.6 Å². The zero-order chi connectivity index (χ0) is 14.6. The van der Waals surface area contributed by atoms with E-state index in [0.717, 1.165) is 16.9 Å². The summed E-state index contributed by atoms with van der Waals surface area (Å²) in [6.07, 6.45) is 0. The summed E-state index contributed by atoms with van der Waals surface area (Å²) in [5.41, 5.74) is 8.82. The molecule has 2 N–H and O–H groups in total. The number of rotatable bonds is 5. The van der Waals surface area contributed by atoms with Gasteiger partial charge in [-0.25, -0.2) is 0 Å². The van der Waals surface area contributed by atoms with Gasteiger partial charge in [-0.15, -0.1) is 0 Å². The second kappa shape index (κ2) is 6.57. The fourth-order valence-electron chi connectivity index (χ4n) is 2.26. The van der Waals surface area contributed by atoms with Crippen molar-refractivity contribution in [3.05, 3.63) is 28.8 Å². The summed E-state index contributed by atoms with van der Waals surface area (Å²) in [5.74, 6) is 0.760. The van der Waals surface area contributed by atoms with Gasteiger partial charge in [0.15, 0.2) is 0 Å². The summed E-state index contributed by atoms with van der Waals surface area (Å²) in [4.78, 5) is 13.8. The number of nitrogens with two attached hydrogens (primary N) is 1. The molecule has 0 fully saturated rings. The van der Waals surface area contributed by atoms with E-state index in [1.165, 1.54) is 5.56 Å². The van der Waals surface area contributed by atoms with Gasteiger partial charge in [-0.2, -0.15) is 0 Å². The number of aryl methyl sites for hydroxylation is 2. The Morgan fingerprint density at radius 2 is 2.05 bits per heavy atom. The molecule has 0 aromatic heterocycles. The van der Waals surface area contributed by atoms with E-state index < -0.39 is 0 Å². The Bertz CT molecular complexity index is 458. The van der Waals surface area contributed by atoms with Crippen molar-refractivity contribution in [2.75, 3.05) is 20.7 Å². The minimum atomic E-state index is -0.151. The van der Waals surface area contributed by atoms with Crippen molar-refractivity contribution < 1.29 is 9.53 Å². The number of amides is 1. The molecule has 0 saturated carbocycles. The van der Waals surface area contributed by atoms with Crippen molar-refractivity contribution in [2.24, 2.45) is 11.7 Å². The lowest BCUT2D eigenvalue weighted by Crippen LogP contribution is -2.34. The number of carbonyl (C=O) groups is 1. The lowest BCUT2D eigenvalue weighted by atomic mass is 10.0. The summed E-state index contributed by atoms with van der Waals surface area (Å²) in [6.45, 7) is 6.81. The lowest BCUT2D eigenvalue weighted by molar-refractivity contribution is -0.133. The Morgan fingerprint density at radius 1 is 1.42 bits per heavy atom. The summed E-state index contributed by atoms with van der Waals surface area (Å²) >= 11 is 0. The van der Waals surface area contributed by atoms with Crippen molar-refractivity contribution in [3.63, 3.8) is 0 Å². The van der Waals surface area contributed by atoms with Crippen LogP contribution >= 0.6 is 0 Å². The Morgan fingerprint density at radius 3 is 2.58 bits per heavy atom. The highest BCUT2D eigenvalue weighted by Gasteiger charge is 2.18. The van der Waals surface area contributed by atoms with Crippen LogP contribution in [0.25, 0.3) is 0 Å². The number of nitrogens with zero attached hydrogens (tertiary/aromatic N) is 1. The van der Waals surface area contributed by atoms with Gasteiger partial charge >= 0.3 is 0 Å². The monoisotopic (exact) mass is 264 g/mol. The third-order valence-corrected chi connectivity index (χ3v) is 3.26. The quantitative estimate of drug-likeness (QED) is 0.883. The smallest absolute Gasteiger partial charge is 0.226 e. The molecule has 106 valence electrons. The highest BCUT2D eigenvalue weighted by molar-refractivity contribution is 5.78. The number of ether oxygens (including phenoxy) is 1. The molecular formula is C15H24N2O2. The minimum absolute atomic E-state index is 0.0590. The van der Waals surface area contributed by atoms with E-state index >= 15 is 0 Å². The van der Waals surface area contributed by atoms with Crippen LogP contribution in [0.2, 0.25) is 0 Å². The second-order valence-corrected chi connectivity index (χ2v) is 5.11. The molecule has 4 nitrogen and oxygen atoms in total. The van der Waals surface area contributed by atoms with Crippen LogP contribution < -0.4 is 10.5 Å². The molecular weight excluding hydrogens is 240 g/mol.